The number of benzene rings is 6. The third-order valence-electron chi connectivity index (χ3n) is 8.70. The monoisotopic (exact) mass is 575 g/mol. The van der Waals surface area contributed by atoms with Crippen LogP contribution in [0.4, 0.5) is 17.1 Å². The molecule has 6 aromatic carbocycles. The van der Waals surface area contributed by atoms with Crippen molar-refractivity contribution < 1.29 is 0 Å². The minimum Gasteiger partial charge on any atom is -0.310 e. The molecule has 1 aliphatic carbocycles. The van der Waals surface area contributed by atoms with E-state index in [0.717, 1.165) is 10.2 Å². The molecule has 0 radical (unpaired) electrons. The van der Waals surface area contributed by atoms with Crippen molar-refractivity contribution in [2.45, 2.75) is 12.3 Å². The average molecular weight is 577 g/mol. The molecule has 190 valence electrons. The predicted molar refractivity (Wildman–Crippen MR) is 171 cm³/mol. The zero-order valence-electron chi connectivity index (χ0n) is 22.1. The van der Waals surface area contributed by atoms with Crippen LogP contribution >= 0.6 is 15.9 Å². The van der Waals surface area contributed by atoms with E-state index in [1.54, 1.807) is 0 Å². The van der Waals surface area contributed by atoms with E-state index in [1.807, 2.05) is 0 Å². The number of anilines is 3. The van der Waals surface area contributed by atoms with E-state index in [1.165, 1.54) is 61.4 Å². The summed E-state index contributed by atoms with van der Waals surface area (Å²) >= 11 is 3.87. The molecule has 1 unspecified atom stereocenters. The Balaban J connectivity index is 1.40. The Morgan fingerprint density at radius 3 is 1.82 bits per heavy atom. The van der Waals surface area contributed by atoms with Gasteiger partial charge in [0.05, 0.1) is 11.4 Å². The Morgan fingerprint density at radius 2 is 1.10 bits per heavy atom. The van der Waals surface area contributed by atoms with Gasteiger partial charge in [-0.05, 0) is 93.4 Å². The lowest BCUT2D eigenvalue weighted by atomic mass is 9.70. The van der Waals surface area contributed by atoms with Gasteiger partial charge in [0, 0.05) is 15.6 Å². The fourth-order valence-electron chi connectivity index (χ4n) is 6.86. The number of hydrogen-bond acceptors (Lipinski definition) is 1. The second-order valence-corrected chi connectivity index (χ2v) is 11.8. The number of nitrogens with zero attached hydrogens (tertiary/aromatic N) is 1. The van der Waals surface area contributed by atoms with Crippen molar-refractivity contribution in [3.63, 3.8) is 0 Å². The summed E-state index contributed by atoms with van der Waals surface area (Å²) < 4.78 is 1.09. The first-order valence-corrected chi connectivity index (χ1v) is 14.5. The molecule has 2 heteroatoms. The highest BCUT2D eigenvalue weighted by atomic mass is 79.9. The number of hydrogen-bond donors (Lipinski definition) is 0. The van der Waals surface area contributed by atoms with E-state index < -0.39 is 0 Å². The maximum absolute atomic E-state index is 3.87. The zero-order chi connectivity index (χ0) is 26.8. The van der Waals surface area contributed by atoms with Crippen molar-refractivity contribution in [2.75, 3.05) is 4.90 Å². The van der Waals surface area contributed by atoms with Gasteiger partial charge >= 0.3 is 0 Å². The van der Waals surface area contributed by atoms with Crippen molar-refractivity contribution in [1.29, 1.82) is 0 Å². The Hall–Kier alpha value is -4.40. The fraction of sp³-hybridized carbons (Fsp3) is 0.0526. The molecule has 2 aliphatic rings. The third kappa shape index (κ3) is 3.33. The standard InChI is InChI=1S/C38H26BrN/c1-38-33-15-9-8-14-31(33)32-23-29(39)24-36(37(32)38)40(30-19-16-27(17-20-30)25-10-4-2-5-11-25)35-21-18-28(22-34(35)38)26-12-6-3-7-13-26/h2-24H,1H3. The molecule has 40 heavy (non-hydrogen) atoms. The van der Waals surface area contributed by atoms with Gasteiger partial charge in [0.1, 0.15) is 0 Å². The third-order valence-corrected chi connectivity index (χ3v) is 9.15. The molecule has 1 heterocycles. The van der Waals surface area contributed by atoms with E-state index in [9.17, 15) is 0 Å². The maximum Gasteiger partial charge on any atom is 0.0523 e. The second-order valence-electron chi connectivity index (χ2n) is 10.9. The summed E-state index contributed by atoms with van der Waals surface area (Å²) in [6.45, 7) is 2.42. The lowest BCUT2D eigenvalue weighted by Crippen LogP contribution is -2.32. The van der Waals surface area contributed by atoms with Gasteiger partial charge in [-0.1, -0.05) is 119 Å². The van der Waals surface area contributed by atoms with Crippen LogP contribution in [-0.2, 0) is 5.41 Å². The van der Waals surface area contributed by atoms with Crippen molar-refractivity contribution in [2.24, 2.45) is 0 Å². The first kappa shape index (κ1) is 23.5. The minimum atomic E-state index is -0.261. The average Bonchev–Trinajstić information content (AvgIpc) is 3.27. The summed E-state index contributed by atoms with van der Waals surface area (Å²) in [6, 6.07) is 50.8. The van der Waals surface area contributed by atoms with Gasteiger partial charge in [-0.2, -0.15) is 0 Å². The van der Waals surface area contributed by atoms with Crippen LogP contribution < -0.4 is 4.90 Å². The molecule has 6 aromatic rings. The SMILES string of the molecule is CC12c3ccccc3-c3cc(Br)cc(c31)N(c1ccc(-c3ccccc3)cc1)c1ccc(-c3ccccc3)cc12. The first-order valence-electron chi connectivity index (χ1n) is 13.7. The second kappa shape index (κ2) is 8.81. The van der Waals surface area contributed by atoms with Gasteiger partial charge in [-0.15, -0.1) is 0 Å². The quantitative estimate of drug-likeness (QED) is 0.203. The molecule has 0 fully saturated rings. The van der Waals surface area contributed by atoms with Crippen molar-refractivity contribution in [1.82, 2.24) is 0 Å². The highest BCUT2D eigenvalue weighted by Crippen LogP contribution is 2.63. The van der Waals surface area contributed by atoms with Crippen molar-refractivity contribution >= 4 is 33.0 Å². The molecule has 0 spiro atoms. The van der Waals surface area contributed by atoms with Gasteiger partial charge in [0.2, 0.25) is 0 Å². The minimum absolute atomic E-state index is 0.261. The summed E-state index contributed by atoms with van der Waals surface area (Å²) in [4.78, 5) is 2.45. The number of fused-ring (bicyclic) bond motifs is 5. The van der Waals surface area contributed by atoms with Crippen LogP contribution in [0.2, 0.25) is 0 Å². The first-order chi connectivity index (χ1) is 19.6. The summed E-state index contributed by atoms with van der Waals surface area (Å²) in [7, 11) is 0. The van der Waals surface area contributed by atoms with Crippen LogP contribution in [0.1, 0.15) is 23.6 Å². The molecule has 0 bridgehead atoms. The zero-order valence-corrected chi connectivity index (χ0v) is 23.7. The summed E-state index contributed by atoms with van der Waals surface area (Å²) in [6.07, 6.45) is 0. The molecular formula is C38H26BrN. The lowest BCUT2D eigenvalue weighted by Gasteiger charge is -2.42. The Kier molecular flexibility index (Phi) is 5.17. The van der Waals surface area contributed by atoms with Crippen LogP contribution in [0.25, 0.3) is 33.4 Å². The fourth-order valence-corrected chi connectivity index (χ4v) is 7.30. The van der Waals surface area contributed by atoms with E-state index in [-0.39, 0.29) is 5.41 Å². The molecule has 0 saturated heterocycles. The molecule has 8 rings (SSSR count). The molecular weight excluding hydrogens is 550 g/mol. The van der Waals surface area contributed by atoms with Crippen molar-refractivity contribution in [3.05, 3.63) is 161 Å². The summed E-state index contributed by atoms with van der Waals surface area (Å²) in [5.41, 5.74) is 15.0. The topological polar surface area (TPSA) is 3.24 Å². The smallest absolute Gasteiger partial charge is 0.0523 e. The number of halogens is 1. The molecule has 1 nitrogen and oxygen atoms in total. The maximum atomic E-state index is 3.87. The van der Waals surface area contributed by atoms with Crippen molar-refractivity contribution in [3.8, 4) is 33.4 Å². The molecule has 1 atom stereocenters. The Labute approximate surface area is 243 Å². The molecule has 0 amide bonds. The van der Waals surface area contributed by atoms with Crippen LogP contribution in [0, 0.1) is 0 Å². The van der Waals surface area contributed by atoms with Gasteiger partial charge < -0.3 is 4.90 Å². The van der Waals surface area contributed by atoms with Gasteiger partial charge in [0.25, 0.3) is 0 Å². The summed E-state index contributed by atoms with van der Waals surface area (Å²) in [5, 5.41) is 0. The predicted octanol–water partition coefficient (Wildman–Crippen LogP) is 10.9. The molecule has 0 aromatic heterocycles. The molecule has 0 saturated carbocycles. The van der Waals surface area contributed by atoms with Crippen LogP contribution in [0.15, 0.2) is 144 Å². The Bertz CT molecular complexity index is 1910. The Morgan fingerprint density at radius 1 is 0.500 bits per heavy atom. The highest BCUT2D eigenvalue weighted by molar-refractivity contribution is 9.10. The largest absolute Gasteiger partial charge is 0.310 e. The molecule has 0 N–H and O–H groups in total. The van der Waals surface area contributed by atoms with Crippen LogP contribution in [0.3, 0.4) is 0 Å². The van der Waals surface area contributed by atoms with Gasteiger partial charge in [-0.25, -0.2) is 0 Å². The van der Waals surface area contributed by atoms with E-state index >= 15 is 0 Å². The van der Waals surface area contributed by atoms with E-state index in [0.29, 0.717) is 0 Å². The van der Waals surface area contributed by atoms with Crippen LogP contribution in [0.5, 0.6) is 0 Å². The highest BCUT2D eigenvalue weighted by Gasteiger charge is 2.48. The summed E-state index contributed by atoms with van der Waals surface area (Å²) in [5.74, 6) is 0. The van der Waals surface area contributed by atoms with E-state index in [4.69, 9.17) is 0 Å². The normalized spacial score (nSPS) is 16.3. The van der Waals surface area contributed by atoms with E-state index in [2.05, 4.69) is 167 Å². The number of rotatable bonds is 3. The van der Waals surface area contributed by atoms with Gasteiger partial charge in [-0.3, -0.25) is 0 Å². The van der Waals surface area contributed by atoms with Crippen LogP contribution in [-0.4, -0.2) is 0 Å². The molecule has 1 aliphatic heterocycles. The lowest BCUT2D eigenvalue weighted by molar-refractivity contribution is 0.702. The van der Waals surface area contributed by atoms with Gasteiger partial charge in [0.15, 0.2) is 0 Å².